The maximum Gasteiger partial charge on any atom is 0.160 e. The van der Waals surface area contributed by atoms with Crippen LogP contribution in [0.2, 0.25) is 0 Å². The zero-order chi connectivity index (χ0) is 70.3. The van der Waals surface area contributed by atoms with Gasteiger partial charge >= 0.3 is 0 Å². The molecule has 6 heteroatoms. The Labute approximate surface area is 614 Å². The van der Waals surface area contributed by atoms with Crippen molar-refractivity contribution in [1.82, 2.24) is 29.1 Å². The van der Waals surface area contributed by atoms with Gasteiger partial charge in [-0.1, -0.05) is 303 Å². The van der Waals surface area contributed by atoms with Gasteiger partial charge in [-0.05, 0) is 163 Å². The van der Waals surface area contributed by atoms with Gasteiger partial charge in [0, 0.05) is 66.3 Å². The smallest absolute Gasteiger partial charge is 0.160 e. The Morgan fingerprint density at radius 3 is 0.840 bits per heavy atom. The first-order valence-corrected chi connectivity index (χ1v) is 36.0. The molecule has 0 bridgehead atoms. The summed E-state index contributed by atoms with van der Waals surface area (Å²) in [4.78, 5) is 20.2. The van der Waals surface area contributed by atoms with E-state index in [9.17, 15) is 0 Å². The van der Waals surface area contributed by atoms with Crippen molar-refractivity contribution < 1.29 is 0 Å². The summed E-state index contributed by atoms with van der Waals surface area (Å²) in [6.45, 7) is 0. The van der Waals surface area contributed by atoms with Gasteiger partial charge in [0.2, 0.25) is 0 Å². The number of aromatic nitrogens is 6. The minimum absolute atomic E-state index is 0.703. The lowest BCUT2D eigenvalue weighted by molar-refractivity contribution is 1.16. The van der Waals surface area contributed by atoms with E-state index in [0.29, 0.717) is 11.6 Å². The molecule has 4 aromatic heterocycles. The fraction of sp³-hybridized carbons (Fsp3) is 0. The van der Waals surface area contributed by atoms with E-state index in [-0.39, 0.29) is 0 Å². The molecule has 0 aliphatic heterocycles. The molecule has 496 valence electrons. The van der Waals surface area contributed by atoms with Crippen molar-refractivity contribution in [3.05, 3.63) is 400 Å². The third kappa shape index (κ3) is 11.9. The molecule has 0 spiro atoms. The van der Waals surface area contributed by atoms with E-state index in [1.54, 1.807) is 0 Å². The van der Waals surface area contributed by atoms with Gasteiger partial charge in [0.25, 0.3) is 0 Å². The van der Waals surface area contributed by atoms with E-state index in [0.717, 1.165) is 67.5 Å². The topological polar surface area (TPSA) is 61.4 Å². The molecule has 4 heterocycles. The van der Waals surface area contributed by atoms with Crippen LogP contribution in [0.25, 0.3) is 189 Å². The monoisotopic (exact) mass is 1350 g/mol. The fourth-order valence-electron chi connectivity index (χ4n) is 15.2. The summed E-state index contributed by atoms with van der Waals surface area (Å²) in [5.74, 6) is 1.41. The van der Waals surface area contributed by atoms with Crippen LogP contribution in [0.3, 0.4) is 0 Å². The van der Waals surface area contributed by atoms with E-state index in [2.05, 4.69) is 337 Å². The average Bonchev–Trinajstić information content (AvgIpc) is 1.58. The van der Waals surface area contributed by atoms with Crippen LogP contribution in [0.15, 0.2) is 400 Å². The third-order valence-corrected chi connectivity index (χ3v) is 20.5. The van der Waals surface area contributed by atoms with Crippen LogP contribution in [0.1, 0.15) is 0 Å². The standard InChI is InChI=1S/2C50H33N3/c1-4-12-34(13-5-1)35-20-22-36(23-21-35)40-26-30-43-41(32-40)27-31-48-49(43)44-18-10-11-19-47(44)53(48)42-28-24-39(25-29-42)50-51-45(37-14-6-2-7-15-37)33-46(52-50)38-16-8-3-9-17-38;1-4-12-34(13-5-1)35-20-22-36(23-21-35)41-25-24-37-28-31-48-49(44(37)32-41)43-18-10-11-19-47(43)53(48)42-29-26-40(27-30-42)50-51-45(38-14-6-2-7-15-38)33-46(52-50)39-16-8-3-9-17-39/h2*1-33H. The number of benzene rings is 16. The molecule has 20 aromatic rings. The van der Waals surface area contributed by atoms with E-state index in [1.807, 2.05) is 72.8 Å². The molecular weight excluding hydrogens is 1290 g/mol. The molecule has 0 atom stereocenters. The molecule has 106 heavy (non-hydrogen) atoms. The molecule has 16 aromatic carbocycles. The van der Waals surface area contributed by atoms with Crippen molar-refractivity contribution in [1.29, 1.82) is 0 Å². The van der Waals surface area contributed by atoms with Crippen molar-refractivity contribution >= 4 is 65.2 Å². The van der Waals surface area contributed by atoms with Gasteiger partial charge in [-0.25, -0.2) is 19.9 Å². The van der Waals surface area contributed by atoms with Crippen molar-refractivity contribution in [2.75, 3.05) is 0 Å². The summed E-state index contributed by atoms with van der Waals surface area (Å²) < 4.78 is 4.76. The summed E-state index contributed by atoms with van der Waals surface area (Å²) in [6, 6.07) is 142. The van der Waals surface area contributed by atoms with Gasteiger partial charge in [-0.3, -0.25) is 0 Å². The van der Waals surface area contributed by atoms with Crippen LogP contribution < -0.4 is 0 Å². The Bertz CT molecular complexity index is 6480. The quantitative estimate of drug-likeness (QED) is 0.122. The van der Waals surface area contributed by atoms with Crippen LogP contribution in [-0.4, -0.2) is 29.1 Å². The number of hydrogen-bond acceptors (Lipinski definition) is 4. The summed E-state index contributed by atoms with van der Waals surface area (Å²) in [5, 5.41) is 9.95. The third-order valence-electron chi connectivity index (χ3n) is 20.5. The molecule has 0 aliphatic rings. The second kappa shape index (κ2) is 27.3. The molecule has 6 nitrogen and oxygen atoms in total. The first-order chi connectivity index (χ1) is 52.5. The highest BCUT2D eigenvalue weighted by atomic mass is 15.0. The number of fused-ring (bicyclic) bond motifs is 10. The van der Waals surface area contributed by atoms with Gasteiger partial charge < -0.3 is 9.13 Å². The number of para-hydroxylation sites is 2. The average molecular weight is 1350 g/mol. The molecule has 0 saturated carbocycles. The highest BCUT2D eigenvalue weighted by molar-refractivity contribution is 6.23. The maximum absolute atomic E-state index is 5.06. The van der Waals surface area contributed by atoms with E-state index in [1.165, 1.54) is 110 Å². The molecule has 0 radical (unpaired) electrons. The van der Waals surface area contributed by atoms with Gasteiger partial charge in [0.05, 0.1) is 44.8 Å². The van der Waals surface area contributed by atoms with Crippen LogP contribution in [0, 0.1) is 0 Å². The molecule has 0 unspecified atom stereocenters. The summed E-state index contributed by atoms with van der Waals surface area (Å²) in [5.41, 5.74) is 26.4. The summed E-state index contributed by atoms with van der Waals surface area (Å²) in [7, 11) is 0. The lowest BCUT2D eigenvalue weighted by Crippen LogP contribution is -1.97. The molecule has 20 rings (SSSR count). The molecule has 0 amide bonds. The van der Waals surface area contributed by atoms with E-state index in [4.69, 9.17) is 19.9 Å². The minimum atomic E-state index is 0.703. The van der Waals surface area contributed by atoms with E-state index < -0.39 is 0 Å². The van der Waals surface area contributed by atoms with Gasteiger partial charge in [-0.15, -0.1) is 0 Å². The van der Waals surface area contributed by atoms with Crippen molar-refractivity contribution in [3.63, 3.8) is 0 Å². The number of hydrogen-bond donors (Lipinski definition) is 0. The predicted octanol–water partition coefficient (Wildman–Crippen LogP) is 26.1. The summed E-state index contributed by atoms with van der Waals surface area (Å²) in [6.07, 6.45) is 0. The lowest BCUT2D eigenvalue weighted by Gasteiger charge is -2.12. The normalized spacial score (nSPS) is 11.4. The van der Waals surface area contributed by atoms with Gasteiger partial charge in [0.1, 0.15) is 0 Å². The van der Waals surface area contributed by atoms with Crippen LogP contribution in [0.5, 0.6) is 0 Å². The number of nitrogens with zero attached hydrogens (tertiary/aromatic N) is 6. The van der Waals surface area contributed by atoms with Crippen molar-refractivity contribution in [2.45, 2.75) is 0 Å². The van der Waals surface area contributed by atoms with Crippen molar-refractivity contribution in [3.8, 4) is 124 Å². The zero-order valence-electron chi connectivity index (χ0n) is 57.8. The first kappa shape index (κ1) is 62.8. The zero-order valence-corrected chi connectivity index (χ0v) is 57.8. The second-order valence-corrected chi connectivity index (χ2v) is 26.9. The molecule has 0 saturated heterocycles. The Balaban J connectivity index is 0.000000145. The Kier molecular flexibility index (Phi) is 16.2. The fourth-order valence-corrected chi connectivity index (χ4v) is 15.2. The Morgan fingerprint density at radius 1 is 0.160 bits per heavy atom. The predicted molar refractivity (Wildman–Crippen MR) is 442 cm³/mol. The first-order valence-electron chi connectivity index (χ1n) is 36.0. The lowest BCUT2D eigenvalue weighted by atomic mass is 9.96. The minimum Gasteiger partial charge on any atom is -0.309 e. The molecule has 0 aliphatic carbocycles. The van der Waals surface area contributed by atoms with Crippen LogP contribution in [-0.2, 0) is 0 Å². The molecule has 0 fully saturated rings. The van der Waals surface area contributed by atoms with Gasteiger partial charge in [0.15, 0.2) is 11.6 Å². The Hall–Kier alpha value is -14.2. The second-order valence-electron chi connectivity index (χ2n) is 26.9. The summed E-state index contributed by atoms with van der Waals surface area (Å²) >= 11 is 0. The Morgan fingerprint density at radius 2 is 0.443 bits per heavy atom. The van der Waals surface area contributed by atoms with Crippen LogP contribution >= 0.6 is 0 Å². The molecular formula is C100H66N6. The van der Waals surface area contributed by atoms with Crippen molar-refractivity contribution in [2.24, 2.45) is 0 Å². The maximum atomic E-state index is 5.06. The SMILES string of the molecule is c1ccc(-c2ccc(-c3ccc4c(ccc5c4c4ccccc4n5-c4ccc(-c5nc(-c6ccccc6)cc(-c6ccccc6)n5)cc4)c3)cc2)cc1.c1ccc(-c2ccc(-c3ccc4ccc5c(c4c3)c3ccccc3n5-c3ccc(-c4nc(-c5ccccc5)cc(-c5ccccc5)n4)cc3)cc2)cc1. The molecule has 0 N–H and O–H groups in total. The highest BCUT2D eigenvalue weighted by Gasteiger charge is 2.20. The van der Waals surface area contributed by atoms with E-state index >= 15 is 0 Å². The largest absolute Gasteiger partial charge is 0.309 e. The van der Waals surface area contributed by atoms with Gasteiger partial charge in [-0.2, -0.15) is 0 Å². The highest BCUT2D eigenvalue weighted by Crippen LogP contribution is 2.42. The number of rotatable bonds is 12. The van der Waals surface area contributed by atoms with Crippen LogP contribution in [0.4, 0.5) is 0 Å².